The fourth-order valence-electron chi connectivity index (χ4n) is 2.53. The summed E-state index contributed by atoms with van der Waals surface area (Å²) >= 11 is 0. The maximum atomic E-state index is 12.1. The van der Waals surface area contributed by atoms with Gasteiger partial charge in [-0.05, 0) is 35.9 Å². The molecule has 0 bridgehead atoms. The lowest BCUT2D eigenvalue weighted by molar-refractivity contribution is 0.0594. The number of aromatic nitrogens is 1. The fraction of sp³-hybridized carbons (Fsp3) is 0.150. The first-order valence-corrected chi connectivity index (χ1v) is 7.90. The zero-order valence-corrected chi connectivity index (χ0v) is 14.4. The van der Waals surface area contributed by atoms with E-state index >= 15 is 0 Å². The van der Waals surface area contributed by atoms with E-state index in [1.807, 2.05) is 36.4 Å². The summed E-state index contributed by atoms with van der Waals surface area (Å²) in [6.07, 6.45) is 0. The molecule has 0 saturated heterocycles. The van der Waals surface area contributed by atoms with Gasteiger partial charge in [0.05, 0.1) is 25.3 Å². The summed E-state index contributed by atoms with van der Waals surface area (Å²) in [5, 5.41) is 0.582. The summed E-state index contributed by atoms with van der Waals surface area (Å²) in [6.45, 7) is 0.333. The molecule has 1 heterocycles. The lowest BCUT2D eigenvalue weighted by Gasteiger charge is -2.10. The number of methoxy groups -OCH3 is 2. The van der Waals surface area contributed by atoms with Gasteiger partial charge in [0.2, 0.25) is 0 Å². The van der Waals surface area contributed by atoms with Crippen molar-refractivity contribution in [3.05, 3.63) is 71.4 Å². The highest BCUT2D eigenvalue weighted by Gasteiger charge is 2.18. The Morgan fingerprint density at radius 2 is 1.65 bits per heavy atom. The average molecular weight is 351 g/mol. The van der Waals surface area contributed by atoms with Crippen LogP contribution < -0.4 is 4.74 Å². The van der Waals surface area contributed by atoms with E-state index < -0.39 is 11.9 Å². The van der Waals surface area contributed by atoms with Crippen molar-refractivity contribution in [2.24, 2.45) is 0 Å². The number of carbonyl (C=O) groups is 2. The smallest absolute Gasteiger partial charge is 0.356 e. The maximum Gasteiger partial charge on any atom is 0.356 e. The van der Waals surface area contributed by atoms with Crippen molar-refractivity contribution in [2.45, 2.75) is 6.61 Å². The van der Waals surface area contributed by atoms with Crippen LogP contribution in [0, 0.1) is 0 Å². The molecule has 0 aliphatic heterocycles. The average Bonchev–Trinajstić information content (AvgIpc) is 2.70. The molecule has 0 unspecified atom stereocenters. The third kappa shape index (κ3) is 3.64. The van der Waals surface area contributed by atoms with Crippen molar-refractivity contribution in [3.63, 3.8) is 0 Å². The van der Waals surface area contributed by atoms with Crippen LogP contribution in [0.2, 0.25) is 0 Å². The molecule has 0 aliphatic rings. The number of benzene rings is 2. The molecule has 0 N–H and O–H groups in total. The minimum atomic E-state index is -0.617. The minimum Gasteiger partial charge on any atom is -0.489 e. The maximum absolute atomic E-state index is 12.1. The van der Waals surface area contributed by atoms with Crippen LogP contribution >= 0.6 is 0 Å². The van der Waals surface area contributed by atoms with E-state index in [9.17, 15) is 9.59 Å². The first-order valence-electron chi connectivity index (χ1n) is 7.90. The van der Waals surface area contributed by atoms with Crippen molar-refractivity contribution in [1.82, 2.24) is 4.98 Å². The molecular weight excluding hydrogens is 334 g/mol. The molecule has 132 valence electrons. The molecule has 0 radical (unpaired) electrons. The summed E-state index contributed by atoms with van der Waals surface area (Å²) in [4.78, 5) is 28.2. The van der Waals surface area contributed by atoms with E-state index in [0.29, 0.717) is 17.5 Å². The number of pyridine rings is 1. The van der Waals surface area contributed by atoms with Crippen molar-refractivity contribution in [3.8, 4) is 5.75 Å². The first kappa shape index (κ1) is 17.4. The molecule has 1 aromatic heterocycles. The van der Waals surface area contributed by atoms with Crippen molar-refractivity contribution < 1.29 is 23.8 Å². The van der Waals surface area contributed by atoms with Crippen molar-refractivity contribution in [2.75, 3.05) is 14.2 Å². The van der Waals surface area contributed by atoms with Gasteiger partial charge in [-0.15, -0.1) is 0 Å². The van der Waals surface area contributed by atoms with Crippen LogP contribution in [0.15, 0.2) is 54.6 Å². The third-order valence-corrected chi connectivity index (χ3v) is 3.82. The molecule has 6 heteroatoms. The van der Waals surface area contributed by atoms with Gasteiger partial charge in [-0.3, -0.25) is 0 Å². The number of esters is 2. The largest absolute Gasteiger partial charge is 0.489 e. The van der Waals surface area contributed by atoms with Gasteiger partial charge in [0.1, 0.15) is 18.1 Å². The Balaban J connectivity index is 1.99. The number of para-hydroxylation sites is 1. The SMILES string of the molecule is COC(=O)c1cc(C(=O)OC)c2cc(COc3ccccc3)ccc2n1. The summed E-state index contributed by atoms with van der Waals surface area (Å²) in [5.41, 5.74) is 1.66. The Morgan fingerprint density at radius 3 is 2.35 bits per heavy atom. The quantitative estimate of drug-likeness (QED) is 0.656. The number of rotatable bonds is 5. The molecule has 0 spiro atoms. The number of nitrogens with zero attached hydrogens (tertiary/aromatic N) is 1. The highest BCUT2D eigenvalue weighted by molar-refractivity contribution is 6.05. The minimum absolute atomic E-state index is 0.0497. The van der Waals surface area contributed by atoms with Gasteiger partial charge in [0.15, 0.2) is 0 Å². The summed E-state index contributed by atoms with van der Waals surface area (Å²) < 4.78 is 15.3. The zero-order chi connectivity index (χ0) is 18.5. The van der Waals surface area contributed by atoms with Crippen LogP contribution in [0.3, 0.4) is 0 Å². The molecule has 0 aliphatic carbocycles. The lowest BCUT2D eigenvalue weighted by atomic mass is 10.0. The predicted molar refractivity (Wildman–Crippen MR) is 95.2 cm³/mol. The highest BCUT2D eigenvalue weighted by Crippen LogP contribution is 2.22. The molecular formula is C20H17NO5. The Labute approximate surface area is 150 Å². The Kier molecular flexibility index (Phi) is 5.12. The molecule has 0 saturated carbocycles. The highest BCUT2D eigenvalue weighted by atomic mass is 16.5. The molecule has 2 aromatic carbocycles. The number of fused-ring (bicyclic) bond motifs is 1. The summed E-state index contributed by atoms with van der Waals surface area (Å²) in [7, 11) is 2.55. The topological polar surface area (TPSA) is 74.7 Å². The number of hydrogen-bond acceptors (Lipinski definition) is 6. The Bertz CT molecular complexity index is 953. The van der Waals surface area contributed by atoms with E-state index in [-0.39, 0.29) is 11.3 Å². The van der Waals surface area contributed by atoms with Gasteiger partial charge in [-0.25, -0.2) is 14.6 Å². The van der Waals surface area contributed by atoms with Gasteiger partial charge >= 0.3 is 11.9 Å². The second-order valence-electron chi connectivity index (χ2n) is 5.49. The van der Waals surface area contributed by atoms with Crippen molar-refractivity contribution >= 4 is 22.8 Å². The number of ether oxygens (including phenoxy) is 3. The molecule has 3 rings (SSSR count). The molecule has 26 heavy (non-hydrogen) atoms. The number of hydrogen-bond donors (Lipinski definition) is 0. The van der Waals surface area contributed by atoms with E-state index in [1.165, 1.54) is 20.3 Å². The van der Waals surface area contributed by atoms with Crippen molar-refractivity contribution in [1.29, 1.82) is 0 Å². The Morgan fingerprint density at radius 1 is 0.923 bits per heavy atom. The van der Waals surface area contributed by atoms with E-state index in [0.717, 1.165) is 11.3 Å². The third-order valence-electron chi connectivity index (χ3n) is 3.82. The lowest BCUT2D eigenvalue weighted by Crippen LogP contribution is -2.10. The molecule has 0 amide bonds. The monoisotopic (exact) mass is 351 g/mol. The second-order valence-corrected chi connectivity index (χ2v) is 5.49. The van der Waals surface area contributed by atoms with E-state index in [2.05, 4.69) is 4.98 Å². The fourth-order valence-corrected chi connectivity index (χ4v) is 2.53. The molecule has 3 aromatic rings. The Hall–Kier alpha value is -3.41. The first-order chi connectivity index (χ1) is 12.6. The standard InChI is InChI=1S/C20H17NO5/c1-24-19(22)16-11-18(20(23)25-2)21-17-9-8-13(10-15(16)17)12-26-14-6-4-3-5-7-14/h3-11H,12H2,1-2H3. The van der Waals surface area contributed by atoms with Crippen LogP contribution in [0.1, 0.15) is 26.4 Å². The summed E-state index contributed by atoms with van der Waals surface area (Å²) in [5.74, 6) is -0.419. The molecule has 6 nitrogen and oxygen atoms in total. The van der Waals surface area contributed by atoms with Crippen LogP contribution in [0.4, 0.5) is 0 Å². The van der Waals surface area contributed by atoms with Gasteiger partial charge < -0.3 is 14.2 Å². The predicted octanol–water partition coefficient (Wildman–Crippen LogP) is 3.39. The second kappa shape index (κ2) is 7.65. The van der Waals surface area contributed by atoms with Crippen LogP contribution in [-0.2, 0) is 16.1 Å². The normalized spacial score (nSPS) is 10.4. The van der Waals surface area contributed by atoms with Gasteiger partial charge in [-0.1, -0.05) is 24.3 Å². The number of carbonyl (C=O) groups excluding carboxylic acids is 2. The van der Waals surface area contributed by atoms with Crippen LogP contribution in [-0.4, -0.2) is 31.1 Å². The summed E-state index contributed by atoms with van der Waals surface area (Å²) in [6, 6.07) is 16.2. The van der Waals surface area contributed by atoms with Crippen LogP contribution in [0.25, 0.3) is 10.9 Å². The molecule has 0 atom stereocenters. The van der Waals surface area contributed by atoms with Gasteiger partial charge in [0.25, 0.3) is 0 Å². The molecule has 0 fully saturated rings. The van der Waals surface area contributed by atoms with Crippen LogP contribution in [0.5, 0.6) is 5.75 Å². The van der Waals surface area contributed by atoms with E-state index in [1.54, 1.807) is 12.1 Å². The van der Waals surface area contributed by atoms with Gasteiger partial charge in [-0.2, -0.15) is 0 Å². The van der Waals surface area contributed by atoms with Gasteiger partial charge in [0, 0.05) is 5.39 Å². The zero-order valence-electron chi connectivity index (χ0n) is 14.4. The van der Waals surface area contributed by atoms with E-state index in [4.69, 9.17) is 14.2 Å².